The van der Waals surface area contributed by atoms with E-state index in [-0.39, 0.29) is 11.9 Å². The van der Waals surface area contributed by atoms with Crippen LogP contribution in [0.4, 0.5) is 4.79 Å². The number of rotatable bonds is 6. The van der Waals surface area contributed by atoms with Gasteiger partial charge in [-0.1, -0.05) is 13.8 Å². The predicted octanol–water partition coefficient (Wildman–Crippen LogP) is 4.44. The summed E-state index contributed by atoms with van der Waals surface area (Å²) in [5.74, 6) is 0.439. The van der Waals surface area contributed by atoms with Crippen LogP contribution >= 0.6 is 31.9 Å². The van der Waals surface area contributed by atoms with Crippen LogP contribution in [0.2, 0.25) is 0 Å². The third-order valence-electron chi connectivity index (χ3n) is 3.68. The molecule has 0 radical (unpaired) electrons. The average Bonchev–Trinajstić information content (AvgIpc) is 2.55. The first-order valence-corrected chi connectivity index (χ1v) is 9.90. The van der Waals surface area contributed by atoms with Crippen LogP contribution in [0.25, 0.3) is 0 Å². The van der Waals surface area contributed by atoms with Crippen molar-refractivity contribution < 1.29 is 19.1 Å². The Kier molecular flexibility index (Phi) is 7.11. The van der Waals surface area contributed by atoms with Gasteiger partial charge in [0.2, 0.25) is 0 Å². The molecule has 1 unspecified atom stereocenters. The maximum Gasteiger partial charge on any atom is 0.338 e. The minimum Gasteiger partial charge on any atom is -0.492 e. The van der Waals surface area contributed by atoms with Crippen LogP contribution in [0.5, 0.6) is 5.75 Å². The van der Waals surface area contributed by atoms with Crippen molar-refractivity contribution in [2.24, 2.45) is 5.92 Å². The zero-order valence-electron chi connectivity index (χ0n) is 15.1. The Morgan fingerprint density at radius 1 is 1.27 bits per heavy atom. The number of halogens is 2. The summed E-state index contributed by atoms with van der Waals surface area (Å²) >= 11 is 6.97. The highest BCUT2D eigenvalue weighted by Gasteiger charge is 2.33. The molecular formula is C18H22Br2N2O4. The SMILES string of the molecule is CCOc1c(Br)cc(C2NC(=O)NC(C)=C2C(=O)OCC(C)C)cc1Br. The number of allylic oxidation sites excluding steroid dienone is 1. The van der Waals surface area contributed by atoms with E-state index in [9.17, 15) is 9.59 Å². The van der Waals surface area contributed by atoms with Crippen molar-refractivity contribution >= 4 is 43.9 Å². The first-order valence-electron chi connectivity index (χ1n) is 8.31. The summed E-state index contributed by atoms with van der Waals surface area (Å²) in [5.41, 5.74) is 1.60. The van der Waals surface area contributed by atoms with Crippen molar-refractivity contribution in [1.29, 1.82) is 0 Å². The molecule has 1 aliphatic rings. The van der Waals surface area contributed by atoms with Crippen LogP contribution in [0.15, 0.2) is 32.3 Å². The minimum absolute atomic E-state index is 0.221. The van der Waals surface area contributed by atoms with E-state index in [1.54, 1.807) is 6.92 Å². The standard InChI is InChI=1S/C18H22Br2N2O4/c1-5-25-16-12(19)6-11(7-13(16)20)15-14(10(4)21-18(24)22-15)17(23)26-8-9(2)3/h6-7,9,15H,5,8H2,1-4H3,(H2,21,22,24). The summed E-state index contributed by atoms with van der Waals surface area (Å²) in [4.78, 5) is 24.6. The Morgan fingerprint density at radius 3 is 2.42 bits per heavy atom. The van der Waals surface area contributed by atoms with E-state index in [0.717, 1.165) is 14.5 Å². The van der Waals surface area contributed by atoms with Crippen molar-refractivity contribution in [3.8, 4) is 5.75 Å². The number of urea groups is 1. The van der Waals surface area contributed by atoms with Crippen LogP contribution in [-0.4, -0.2) is 25.2 Å². The van der Waals surface area contributed by atoms with Crippen LogP contribution < -0.4 is 15.4 Å². The molecule has 1 aliphatic heterocycles. The lowest BCUT2D eigenvalue weighted by Gasteiger charge is -2.29. The summed E-state index contributed by atoms with van der Waals surface area (Å²) < 4.78 is 12.4. The molecule has 0 saturated heterocycles. The third kappa shape index (κ3) is 4.79. The number of amides is 2. The van der Waals surface area contributed by atoms with Crippen molar-refractivity contribution in [2.45, 2.75) is 33.7 Å². The highest BCUT2D eigenvalue weighted by molar-refractivity contribution is 9.11. The number of nitrogens with one attached hydrogen (secondary N) is 2. The van der Waals surface area contributed by atoms with E-state index in [0.29, 0.717) is 30.2 Å². The molecule has 0 fully saturated rings. The molecule has 2 N–H and O–H groups in total. The molecule has 2 rings (SSSR count). The van der Waals surface area contributed by atoms with Gasteiger partial charge in [-0.05, 0) is 69.3 Å². The molecular weight excluding hydrogens is 468 g/mol. The first kappa shape index (κ1) is 20.8. The van der Waals surface area contributed by atoms with Crippen molar-refractivity contribution in [3.05, 3.63) is 37.9 Å². The lowest BCUT2D eigenvalue weighted by molar-refractivity contribution is -0.140. The minimum atomic E-state index is -0.619. The first-order chi connectivity index (χ1) is 12.2. The summed E-state index contributed by atoms with van der Waals surface area (Å²) in [7, 11) is 0. The van der Waals surface area contributed by atoms with E-state index >= 15 is 0 Å². The Hall–Kier alpha value is -1.54. The lowest BCUT2D eigenvalue weighted by atomic mass is 9.95. The van der Waals surface area contributed by atoms with Crippen LogP contribution in [0.1, 0.15) is 39.3 Å². The van der Waals surface area contributed by atoms with Gasteiger partial charge >= 0.3 is 12.0 Å². The van der Waals surface area contributed by atoms with Gasteiger partial charge in [0.15, 0.2) is 0 Å². The smallest absolute Gasteiger partial charge is 0.338 e. The van der Waals surface area contributed by atoms with Gasteiger partial charge in [0.1, 0.15) is 5.75 Å². The van der Waals surface area contributed by atoms with Gasteiger partial charge in [0, 0.05) is 5.70 Å². The molecule has 1 aromatic rings. The van der Waals surface area contributed by atoms with E-state index < -0.39 is 12.0 Å². The fourth-order valence-corrected chi connectivity index (χ4v) is 4.01. The van der Waals surface area contributed by atoms with Gasteiger partial charge in [-0.25, -0.2) is 9.59 Å². The monoisotopic (exact) mass is 488 g/mol. The fourth-order valence-electron chi connectivity index (χ4n) is 2.56. The van der Waals surface area contributed by atoms with Gasteiger partial charge < -0.3 is 20.1 Å². The third-order valence-corrected chi connectivity index (χ3v) is 4.86. The van der Waals surface area contributed by atoms with Crippen molar-refractivity contribution in [2.75, 3.05) is 13.2 Å². The highest BCUT2D eigenvalue weighted by Crippen LogP contribution is 2.38. The molecule has 2 amide bonds. The molecule has 142 valence electrons. The summed E-state index contributed by atoms with van der Waals surface area (Å²) in [6.07, 6.45) is 0. The molecule has 0 bridgehead atoms. The second kappa shape index (κ2) is 8.90. The number of hydrogen-bond donors (Lipinski definition) is 2. The van der Waals surface area contributed by atoms with Crippen LogP contribution in [0, 0.1) is 5.92 Å². The molecule has 1 heterocycles. The molecule has 0 saturated carbocycles. The molecule has 8 heteroatoms. The highest BCUT2D eigenvalue weighted by atomic mass is 79.9. The topological polar surface area (TPSA) is 76.7 Å². The van der Waals surface area contributed by atoms with Gasteiger partial charge in [-0.15, -0.1) is 0 Å². The van der Waals surface area contributed by atoms with E-state index in [1.165, 1.54) is 0 Å². The van der Waals surface area contributed by atoms with E-state index in [2.05, 4.69) is 42.5 Å². The Labute approximate surface area is 170 Å². The predicted molar refractivity (Wildman–Crippen MR) is 106 cm³/mol. The zero-order chi connectivity index (χ0) is 19.4. The Bertz CT molecular complexity index is 724. The number of esters is 1. The molecule has 0 spiro atoms. The molecule has 0 aromatic heterocycles. The zero-order valence-corrected chi connectivity index (χ0v) is 18.3. The number of ether oxygens (including phenoxy) is 2. The van der Waals surface area contributed by atoms with Crippen molar-refractivity contribution in [3.63, 3.8) is 0 Å². The van der Waals surface area contributed by atoms with Crippen LogP contribution in [0.3, 0.4) is 0 Å². The van der Waals surface area contributed by atoms with E-state index in [1.807, 2.05) is 32.9 Å². The molecule has 0 aliphatic carbocycles. The molecule has 6 nitrogen and oxygen atoms in total. The normalized spacial score (nSPS) is 17.0. The quantitative estimate of drug-likeness (QED) is 0.579. The van der Waals surface area contributed by atoms with Crippen LogP contribution in [-0.2, 0) is 9.53 Å². The Balaban J connectivity index is 2.43. The molecule has 26 heavy (non-hydrogen) atoms. The maximum atomic E-state index is 12.6. The van der Waals surface area contributed by atoms with Gasteiger partial charge in [0.05, 0.1) is 33.8 Å². The average molecular weight is 490 g/mol. The Morgan fingerprint density at radius 2 is 1.88 bits per heavy atom. The van der Waals surface area contributed by atoms with E-state index in [4.69, 9.17) is 9.47 Å². The number of benzene rings is 1. The number of carbonyl (C=O) groups excluding carboxylic acids is 2. The largest absolute Gasteiger partial charge is 0.492 e. The fraction of sp³-hybridized carbons (Fsp3) is 0.444. The number of hydrogen-bond acceptors (Lipinski definition) is 4. The maximum absolute atomic E-state index is 12.6. The van der Waals surface area contributed by atoms with Gasteiger partial charge in [-0.3, -0.25) is 0 Å². The second-order valence-corrected chi connectivity index (χ2v) is 8.02. The van der Waals surface area contributed by atoms with Gasteiger partial charge in [0.25, 0.3) is 0 Å². The summed E-state index contributed by atoms with van der Waals surface area (Å²) in [5, 5.41) is 5.44. The lowest BCUT2D eigenvalue weighted by Crippen LogP contribution is -2.45. The van der Waals surface area contributed by atoms with Crippen molar-refractivity contribution in [1.82, 2.24) is 10.6 Å². The summed E-state index contributed by atoms with van der Waals surface area (Å²) in [6, 6.07) is 2.67. The van der Waals surface area contributed by atoms with Gasteiger partial charge in [-0.2, -0.15) is 0 Å². The number of carbonyl (C=O) groups is 2. The second-order valence-electron chi connectivity index (χ2n) is 6.31. The molecule has 1 atom stereocenters. The summed E-state index contributed by atoms with van der Waals surface area (Å²) in [6.45, 7) is 8.35. The molecule has 1 aromatic carbocycles.